The van der Waals surface area contributed by atoms with Gasteiger partial charge in [-0.2, -0.15) is 31.4 Å². The fourth-order valence-electron chi connectivity index (χ4n) is 2.32. The third-order valence-electron chi connectivity index (χ3n) is 3.38. The van der Waals surface area contributed by atoms with E-state index in [-0.39, 0.29) is 11.4 Å². The summed E-state index contributed by atoms with van der Waals surface area (Å²) in [6, 6.07) is 0. The Morgan fingerprint density at radius 2 is 1.71 bits per heavy atom. The average Bonchev–Trinajstić information content (AvgIpc) is 2.74. The molecule has 0 aromatic carbocycles. The number of hydrazone groups is 1. The van der Waals surface area contributed by atoms with E-state index in [0.717, 1.165) is 12.1 Å². The van der Waals surface area contributed by atoms with Crippen molar-refractivity contribution in [1.82, 2.24) is 9.97 Å². The molecule has 0 bridgehead atoms. The number of aliphatic hydroxyl groups is 1. The predicted molar refractivity (Wildman–Crippen MR) is 69.0 cm³/mol. The molecule has 0 saturated carbocycles. The number of aromatic nitrogens is 2. The minimum absolute atomic E-state index is 0.0911. The number of ether oxygens (including phenoxy) is 1. The smallest absolute Gasteiger partial charge is 0.371 e. The SMILES string of the molecule is COC(C1C(C)=NN(c2cnc(C(F)(F)F)nc2)C1O)C(F)(F)F. The molecule has 1 aromatic rings. The Morgan fingerprint density at radius 1 is 1.17 bits per heavy atom. The first-order valence-corrected chi connectivity index (χ1v) is 6.48. The Morgan fingerprint density at radius 3 is 2.12 bits per heavy atom. The number of rotatable bonds is 3. The van der Waals surface area contributed by atoms with Gasteiger partial charge in [0.1, 0.15) is 0 Å². The second kappa shape index (κ2) is 6.16. The number of hydrogen-bond donors (Lipinski definition) is 1. The van der Waals surface area contributed by atoms with Gasteiger partial charge in [-0.3, -0.25) is 0 Å². The van der Waals surface area contributed by atoms with E-state index in [1.165, 1.54) is 6.92 Å². The van der Waals surface area contributed by atoms with Crippen LogP contribution in [0.25, 0.3) is 0 Å². The summed E-state index contributed by atoms with van der Waals surface area (Å²) < 4.78 is 80.6. The number of hydrogen-bond acceptors (Lipinski definition) is 6. The maximum absolute atomic E-state index is 13.0. The number of aliphatic hydroxyl groups excluding tert-OH is 1. The van der Waals surface area contributed by atoms with Crippen LogP contribution in [0.1, 0.15) is 12.7 Å². The van der Waals surface area contributed by atoms with Crippen molar-refractivity contribution in [2.24, 2.45) is 11.0 Å². The largest absolute Gasteiger partial charge is 0.451 e. The number of alkyl halides is 6. The molecule has 1 N–H and O–H groups in total. The van der Waals surface area contributed by atoms with Crippen LogP contribution in [0.3, 0.4) is 0 Å². The molecule has 0 radical (unpaired) electrons. The molecule has 0 saturated heterocycles. The lowest BCUT2D eigenvalue weighted by molar-refractivity contribution is -0.228. The lowest BCUT2D eigenvalue weighted by Gasteiger charge is -2.29. The van der Waals surface area contributed by atoms with E-state index in [0.29, 0.717) is 12.4 Å². The first-order valence-electron chi connectivity index (χ1n) is 6.48. The molecule has 12 heteroatoms. The quantitative estimate of drug-likeness (QED) is 0.839. The zero-order chi connectivity index (χ0) is 18.3. The van der Waals surface area contributed by atoms with Crippen LogP contribution in [0.15, 0.2) is 17.5 Å². The minimum Gasteiger partial charge on any atom is -0.371 e. The van der Waals surface area contributed by atoms with Crippen LogP contribution in [0.2, 0.25) is 0 Å². The number of methoxy groups -OCH3 is 1. The second-order valence-corrected chi connectivity index (χ2v) is 4.99. The Hall–Kier alpha value is -1.95. The van der Waals surface area contributed by atoms with Crippen LogP contribution >= 0.6 is 0 Å². The van der Waals surface area contributed by atoms with Gasteiger partial charge in [0.05, 0.1) is 24.0 Å². The van der Waals surface area contributed by atoms with Gasteiger partial charge in [0.2, 0.25) is 5.82 Å². The molecule has 1 aliphatic rings. The average molecular weight is 358 g/mol. The van der Waals surface area contributed by atoms with Crippen molar-refractivity contribution in [2.75, 3.05) is 12.1 Å². The molecule has 6 nitrogen and oxygen atoms in total. The van der Waals surface area contributed by atoms with Gasteiger partial charge in [-0.15, -0.1) is 0 Å². The third kappa shape index (κ3) is 3.43. The zero-order valence-corrected chi connectivity index (χ0v) is 12.3. The normalized spacial score (nSPS) is 23.4. The van der Waals surface area contributed by atoms with Crippen molar-refractivity contribution in [3.8, 4) is 0 Å². The van der Waals surface area contributed by atoms with Crippen LogP contribution in [-0.2, 0) is 10.9 Å². The molecule has 24 heavy (non-hydrogen) atoms. The van der Waals surface area contributed by atoms with Gasteiger partial charge in [-0.25, -0.2) is 15.0 Å². The maximum atomic E-state index is 13.0. The monoisotopic (exact) mass is 358 g/mol. The van der Waals surface area contributed by atoms with Crippen molar-refractivity contribution < 1.29 is 36.2 Å². The van der Waals surface area contributed by atoms with Crippen molar-refractivity contribution in [2.45, 2.75) is 31.6 Å². The van der Waals surface area contributed by atoms with Crippen molar-refractivity contribution >= 4 is 11.4 Å². The molecule has 0 amide bonds. The van der Waals surface area contributed by atoms with E-state index in [1.54, 1.807) is 0 Å². The van der Waals surface area contributed by atoms with E-state index in [2.05, 4.69) is 19.8 Å². The summed E-state index contributed by atoms with van der Waals surface area (Å²) in [6.07, 6.45) is -12.2. The van der Waals surface area contributed by atoms with Crippen LogP contribution < -0.4 is 5.01 Å². The molecule has 134 valence electrons. The molecule has 1 aromatic heterocycles. The van der Waals surface area contributed by atoms with Gasteiger partial charge in [-0.05, 0) is 6.92 Å². The number of nitrogens with zero attached hydrogens (tertiary/aromatic N) is 4. The standard InChI is InChI=1S/C12H12F6N4O2/c1-5-7(8(24-2)11(13,14)15)9(23)22(21-5)6-3-19-10(20-4-6)12(16,17)18/h3-4,7-9,23H,1-2H3. The molecule has 3 unspecified atom stereocenters. The summed E-state index contributed by atoms with van der Waals surface area (Å²) in [6.45, 7) is 1.25. The molecule has 2 rings (SSSR count). The first kappa shape index (κ1) is 18.4. The molecule has 3 atom stereocenters. The van der Waals surface area contributed by atoms with E-state index < -0.39 is 36.4 Å². The number of anilines is 1. The van der Waals surface area contributed by atoms with Gasteiger partial charge in [0, 0.05) is 12.8 Å². The Kier molecular flexibility index (Phi) is 4.72. The summed E-state index contributed by atoms with van der Waals surface area (Å²) in [5, 5.41) is 14.6. The highest BCUT2D eigenvalue weighted by atomic mass is 19.4. The minimum atomic E-state index is -4.76. The highest BCUT2D eigenvalue weighted by molar-refractivity contribution is 5.89. The van der Waals surface area contributed by atoms with Gasteiger partial charge < -0.3 is 9.84 Å². The van der Waals surface area contributed by atoms with E-state index in [4.69, 9.17) is 0 Å². The van der Waals surface area contributed by atoms with Gasteiger partial charge >= 0.3 is 12.4 Å². The lowest BCUT2D eigenvalue weighted by Crippen LogP contribution is -2.47. The molecule has 1 aliphatic heterocycles. The predicted octanol–water partition coefficient (Wildman–Crippen LogP) is 2.20. The van der Waals surface area contributed by atoms with E-state index in [1.807, 2.05) is 0 Å². The molecule has 0 fully saturated rings. The fourth-order valence-corrected chi connectivity index (χ4v) is 2.32. The van der Waals surface area contributed by atoms with E-state index >= 15 is 0 Å². The van der Waals surface area contributed by atoms with Gasteiger partial charge in [-0.1, -0.05) is 0 Å². The summed E-state index contributed by atoms with van der Waals surface area (Å²) in [5.41, 5.74) is -0.277. The molecule has 0 aliphatic carbocycles. The maximum Gasteiger partial charge on any atom is 0.451 e. The third-order valence-corrected chi connectivity index (χ3v) is 3.38. The van der Waals surface area contributed by atoms with E-state index in [9.17, 15) is 31.4 Å². The molecular weight excluding hydrogens is 346 g/mol. The lowest BCUT2D eigenvalue weighted by atomic mass is 9.96. The molecule has 0 spiro atoms. The summed E-state index contributed by atoms with van der Waals surface area (Å²) in [4.78, 5) is 6.16. The fraction of sp³-hybridized carbons (Fsp3) is 0.583. The summed E-state index contributed by atoms with van der Waals surface area (Å²) in [7, 11) is 0.835. The van der Waals surface area contributed by atoms with Gasteiger partial charge in [0.25, 0.3) is 0 Å². The topological polar surface area (TPSA) is 70.8 Å². The highest BCUT2D eigenvalue weighted by Crippen LogP contribution is 2.36. The Bertz CT molecular complexity index is 615. The molecule has 2 heterocycles. The van der Waals surface area contributed by atoms with Crippen LogP contribution in [0, 0.1) is 5.92 Å². The van der Waals surface area contributed by atoms with Crippen LogP contribution in [-0.4, -0.2) is 46.4 Å². The Balaban J connectivity index is 2.28. The number of halogens is 6. The Labute approximate surface area is 131 Å². The summed E-state index contributed by atoms with van der Waals surface area (Å²) in [5.74, 6) is -2.96. The first-order chi connectivity index (χ1) is 11.0. The summed E-state index contributed by atoms with van der Waals surface area (Å²) >= 11 is 0. The van der Waals surface area contributed by atoms with Crippen LogP contribution in [0.5, 0.6) is 0 Å². The van der Waals surface area contributed by atoms with Crippen LogP contribution in [0.4, 0.5) is 32.0 Å². The second-order valence-electron chi connectivity index (χ2n) is 4.99. The van der Waals surface area contributed by atoms with Crippen molar-refractivity contribution in [1.29, 1.82) is 0 Å². The highest BCUT2D eigenvalue weighted by Gasteiger charge is 2.52. The van der Waals surface area contributed by atoms with Crippen molar-refractivity contribution in [3.63, 3.8) is 0 Å². The zero-order valence-electron chi connectivity index (χ0n) is 12.3. The van der Waals surface area contributed by atoms with Crippen molar-refractivity contribution in [3.05, 3.63) is 18.2 Å². The van der Waals surface area contributed by atoms with Gasteiger partial charge in [0.15, 0.2) is 12.3 Å². The molecular formula is C12H12F6N4O2.